The molecule has 2 aliphatic heterocycles. The number of benzene rings is 2. The van der Waals surface area contributed by atoms with Gasteiger partial charge in [0.15, 0.2) is 5.78 Å². The first kappa shape index (κ1) is 19.6. The highest BCUT2D eigenvalue weighted by atomic mass is 16.5. The maximum atomic E-state index is 13.0. The Bertz CT molecular complexity index is 841. The average Bonchev–Trinajstić information content (AvgIpc) is 3.51. The summed E-state index contributed by atoms with van der Waals surface area (Å²) in [4.78, 5) is 17.9. The van der Waals surface area contributed by atoms with E-state index in [1.807, 2.05) is 36.4 Å². The molecule has 2 aromatic carbocycles. The third-order valence-electron chi connectivity index (χ3n) is 6.51. The fraction of sp³-hybridized carbons (Fsp3) is 0.480. The van der Waals surface area contributed by atoms with Gasteiger partial charge in [-0.1, -0.05) is 0 Å². The van der Waals surface area contributed by atoms with Gasteiger partial charge in [-0.15, -0.1) is 0 Å². The molecular formula is C25H30N2O3. The summed E-state index contributed by atoms with van der Waals surface area (Å²) in [5.41, 5.74) is 3.45. The van der Waals surface area contributed by atoms with E-state index in [4.69, 9.17) is 9.47 Å². The van der Waals surface area contributed by atoms with Gasteiger partial charge in [-0.3, -0.25) is 14.6 Å². The molecule has 2 aromatic rings. The zero-order chi connectivity index (χ0) is 20.3. The van der Waals surface area contributed by atoms with Crippen molar-refractivity contribution < 1.29 is 14.3 Å². The van der Waals surface area contributed by atoms with Crippen LogP contribution in [0.5, 0.6) is 11.5 Å². The van der Waals surface area contributed by atoms with Gasteiger partial charge < -0.3 is 9.47 Å². The first-order valence-corrected chi connectivity index (χ1v) is 11.3. The smallest absolute Gasteiger partial charge is 0.194 e. The molecule has 0 saturated carbocycles. The maximum Gasteiger partial charge on any atom is 0.194 e. The molecule has 0 bridgehead atoms. The van der Waals surface area contributed by atoms with Crippen molar-refractivity contribution in [1.29, 1.82) is 0 Å². The highest BCUT2D eigenvalue weighted by Crippen LogP contribution is 2.39. The minimum Gasteiger partial charge on any atom is -0.492 e. The number of ether oxygens (including phenoxy) is 2. The van der Waals surface area contributed by atoms with Crippen LogP contribution in [0, 0.1) is 0 Å². The average molecular weight is 407 g/mol. The number of carbonyl (C=O) groups is 1. The van der Waals surface area contributed by atoms with Crippen molar-refractivity contribution in [2.45, 2.75) is 25.7 Å². The number of hydrogen-bond acceptors (Lipinski definition) is 5. The fourth-order valence-corrected chi connectivity index (χ4v) is 4.81. The van der Waals surface area contributed by atoms with Crippen molar-refractivity contribution in [3.05, 3.63) is 47.5 Å². The van der Waals surface area contributed by atoms with E-state index in [2.05, 4.69) is 9.80 Å². The molecule has 3 aliphatic rings. The van der Waals surface area contributed by atoms with Gasteiger partial charge in [0.05, 0.1) is 0 Å². The SMILES string of the molecule is O=C1c2cc(OCCN3CCCC3)ccc2-c2ccc(OCCN3CCCC3)cc21. The largest absolute Gasteiger partial charge is 0.492 e. The summed E-state index contributed by atoms with van der Waals surface area (Å²) in [6.07, 6.45) is 5.15. The molecule has 0 aromatic heterocycles. The zero-order valence-electron chi connectivity index (χ0n) is 17.6. The number of hydrogen-bond donors (Lipinski definition) is 0. The number of rotatable bonds is 8. The standard InChI is InChI=1S/C25H30N2O3/c28-25-23-17-19(29-15-13-26-9-1-2-10-26)5-7-21(23)22-8-6-20(18-24(22)25)30-16-14-27-11-3-4-12-27/h5-8,17-18H,1-4,9-16H2. The summed E-state index contributed by atoms with van der Waals surface area (Å²) >= 11 is 0. The Balaban J connectivity index is 1.22. The second-order valence-electron chi connectivity index (χ2n) is 8.54. The van der Waals surface area contributed by atoms with E-state index < -0.39 is 0 Å². The van der Waals surface area contributed by atoms with Crippen molar-refractivity contribution in [1.82, 2.24) is 9.80 Å². The van der Waals surface area contributed by atoms with Crippen LogP contribution < -0.4 is 9.47 Å². The third-order valence-corrected chi connectivity index (χ3v) is 6.51. The summed E-state index contributed by atoms with van der Waals surface area (Å²) < 4.78 is 11.9. The Morgan fingerprint density at radius 2 is 1.07 bits per heavy atom. The van der Waals surface area contributed by atoms with E-state index in [-0.39, 0.29) is 5.78 Å². The Morgan fingerprint density at radius 3 is 1.50 bits per heavy atom. The Labute approximate surface area is 178 Å². The quantitative estimate of drug-likeness (QED) is 0.568. The van der Waals surface area contributed by atoms with Crippen LogP contribution in [0.2, 0.25) is 0 Å². The van der Waals surface area contributed by atoms with E-state index in [9.17, 15) is 4.79 Å². The Kier molecular flexibility index (Phi) is 5.73. The van der Waals surface area contributed by atoms with E-state index in [1.54, 1.807) is 0 Å². The molecule has 0 spiro atoms. The van der Waals surface area contributed by atoms with E-state index in [0.717, 1.165) is 46.8 Å². The molecule has 0 N–H and O–H groups in total. The lowest BCUT2D eigenvalue weighted by atomic mass is 10.1. The van der Waals surface area contributed by atoms with Crippen molar-refractivity contribution in [3.63, 3.8) is 0 Å². The van der Waals surface area contributed by atoms with Crippen LogP contribution in [0.15, 0.2) is 36.4 Å². The van der Waals surface area contributed by atoms with Crippen LogP contribution in [-0.4, -0.2) is 68.1 Å². The van der Waals surface area contributed by atoms with Crippen LogP contribution in [-0.2, 0) is 0 Å². The first-order valence-electron chi connectivity index (χ1n) is 11.3. The van der Waals surface area contributed by atoms with Gasteiger partial charge in [-0.25, -0.2) is 0 Å². The van der Waals surface area contributed by atoms with Gasteiger partial charge in [0.1, 0.15) is 24.7 Å². The number of likely N-dealkylation sites (tertiary alicyclic amines) is 2. The molecule has 0 unspecified atom stereocenters. The molecule has 0 atom stereocenters. The summed E-state index contributed by atoms with van der Waals surface area (Å²) in [5.74, 6) is 1.61. The molecule has 2 fully saturated rings. The lowest BCUT2D eigenvalue weighted by Crippen LogP contribution is -2.25. The van der Waals surface area contributed by atoms with Crippen molar-refractivity contribution in [2.24, 2.45) is 0 Å². The zero-order valence-corrected chi connectivity index (χ0v) is 17.6. The van der Waals surface area contributed by atoms with Gasteiger partial charge in [0.2, 0.25) is 0 Å². The van der Waals surface area contributed by atoms with E-state index in [0.29, 0.717) is 13.2 Å². The van der Waals surface area contributed by atoms with Crippen molar-refractivity contribution in [2.75, 3.05) is 52.5 Å². The molecule has 1 aliphatic carbocycles. The minimum absolute atomic E-state index is 0.0648. The normalized spacial score (nSPS) is 18.6. The molecule has 2 heterocycles. The summed E-state index contributed by atoms with van der Waals surface area (Å²) in [6, 6.07) is 11.8. The second kappa shape index (κ2) is 8.78. The molecule has 5 nitrogen and oxygen atoms in total. The van der Waals surface area contributed by atoms with Crippen molar-refractivity contribution >= 4 is 5.78 Å². The van der Waals surface area contributed by atoms with Gasteiger partial charge in [-0.2, -0.15) is 0 Å². The van der Waals surface area contributed by atoms with E-state index >= 15 is 0 Å². The predicted molar refractivity (Wildman–Crippen MR) is 118 cm³/mol. The highest BCUT2D eigenvalue weighted by Gasteiger charge is 2.27. The minimum atomic E-state index is 0.0648. The predicted octanol–water partition coefficient (Wildman–Crippen LogP) is 3.85. The Morgan fingerprint density at radius 1 is 0.633 bits per heavy atom. The monoisotopic (exact) mass is 406 g/mol. The molecule has 5 heteroatoms. The fourth-order valence-electron chi connectivity index (χ4n) is 4.81. The van der Waals surface area contributed by atoms with Crippen LogP contribution in [0.3, 0.4) is 0 Å². The molecule has 0 radical (unpaired) electrons. The second-order valence-corrected chi connectivity index (χ2v) is 8.54. The van der Waals surface area contributed by atoms with Gasteiger partial charge in [0, 0.05) is 24.2 Å². The Hall–Kier alpha value is -2.37. The van der Waals surface area contributed by atoms with Crippen LogP contribution >= 0.6 is 0 Å². The summed E-state index contributed by atoms with van der Waals surface area (Å²) in [5, 5.41) is 0. The maximum absolute atomic E-state index is 13.0. The number of fused-ring (bicyclic) bond motifs is 3. The number of ketones is 1. The number of nitrogens with zero attached hydrogens (tertiary/aromatic N) is 2. The van der Waals surface area contributed by atoms with E-state index in [1.165, 1.54) is 51.9 Å². The molecular weight excluding hydrogens is 376 g/mol. The molecule has 5 rings (SSSR count). The highest BCUT2D eigenvalue weighted by molar-refractivity contribution is 6.22. The van der Waals surface area contributed by atoms with Crippen LogP contribution in [0.25, 0.3) is 11.1 Å². The molecule has 2 saturated heterocycles. The van der Waals surface area contributed by atoms with Crippen molar-refractivity contribution in [3.8, 4) is 22.6 Å². The molecule has 30 heavy (non-hydrogen) atoms. The van der Waals surface area contributed by atoms with Gasteiger partial charge >= 0.3 is 0 Å². The van der Waals surface area contributed by atoms with Gasteiger partial charge in [0.25, 0.3) is 0 Å². The lowest BCUT2D eigenvalue weighted by Gasteiger charge is -2.15. The topological polar surface area (TPSA) is 42.0 Å². The number of carbonyl (C=O) groups excluding carboxylic acids is 1. The summed E-state index contributed by atoms with van der Waals surface area (Å²) in [7, 11) is 0. The summed E-state index contributed by atoms with van der Waals surface area (Å²) in [6.45, 7) is 7.90. The van der Waals surface area contributed by atoms with Crippen LogP contribution in [0.4, 0.5) is 0 Å². The van der Waals surface area contributed by atoms with Crippen LogP contribution in [0.1, 0.15) is 41.6 Å². The molecule has 0 amide bonds. The first-order chi connectivity index (χ1) is 14.8. The lowest BCUT2D eigenvalue weighted by molar-refractivity contribution is 0.104. The molecule has 158 valence electrons. The van der Waals surface area contributed by atoms with Gasteiger partial charge in [-0.05, 0) is 99.4 Å². The third kappa shape index (κ3) is 4.09.